The van der Waals surface area contributed by atoms with Gasteiger partial charge in [0.15, 0.2) is 0 Å². The molecule has 1 unspecified atom stereocenters. The van der Waals surface area contributed by atoms with Crippen molar-refractivity contribution in [2.24, 2.45) is 0 Å². The number of ether oxygens (including phenoxy) is 3. The molecule has 8 nitrogen and oxygen atoms in total. The summed E-state index contributed by atoms with van der Waals surface area (Å²) in [5, 5.41) is 11.1. The van der Waals surface area contributed by atoms with Crippen LogP contribution in [-0.2, 0) is 19.1 Å². The van der Waals surface area contributed by atoms with Gasteiger partial charge in [0, 0.05) is 26.1 Å². The van der Waals surface area contributed by atoms with Gasteiger partial charge in [0.05, 0.1) is 25.3 Å². The van der Waals surface area contributed by atoms with Crippen molar-refractivity contribution in [1.29, 1.82) is 0 Å². The monoisotopic (exact) mass is 439 g/mol. The maximum absolute atomic E-state index is 13.0. The third-order valence-electron chi connectivity index (χ3n) is 5.22. The van der Waals surface area contributed by atoms with Gasteiger partial charge in [0.25, 0.3) is 11.7 Å². The molecular formula is C24H25NO7. The van der Waals surface area contributed by atoms with Crippen LogP contribution in [0.25, 0.3) is 5.76 Å². The molecule has 1 amide bonds. The normalized spacial score (nSPS) is 17.5. The number of aliphatic hydroxyl groups excluding tert-OH is 1. The number of likely N-dealkylation sites (tertiary alicyclic amines) is 1. The maximum atomic E-state index is 13.0. The lowest BCUT2D eigenvalue weighted by molar-refractivity contribution is -0.140. The Morgan fingerprint density at radius 2 is 1.72 bits per heavy atom. The average Bonchev–Trinajstić information content (AvgIpc) is 3.02. The lowest BCUT2D eigenvalue weighted by Crippen LogP contribution is -2.32. The number of carbonyl (C=O) groups is 3. The Bertz CT molecular complexity index is 1070. The van der Waals surface area contributed by atoms with E-state index in [9.17, 15) is 19.5 Å². The molecule has 1 N–H and O–H groups in total. The number of aryl methyl sites for hydroxylation is 1. The van der Waals surface area contributed by atoms with Crippen LogP contribution in [0, 0.1) is 6.92 Å². The third kappa shape index (κ3) is 4.50. The molecule has 0 aromatic heterocycles. The summed E-state index contributed by atoms with van der Waals surface area (Å²) >= 11 is 0. The van der Waals surface area contributed by atoms with E-state index in [2.05, 4.69) is 0 Å². The van der Waals surface area contributed by atoms with E-state index in [0.29, 0.717) is 28.2 Å². The van der Waals surface area contributed by atoms with Crippen molar-refractivity contribution in [3.05, 3.63) is 64.7 Å². The minimum atomic E-state index is -0.821. The van der Waals surface area contributed by atoms with Gasteiger partial charge in [-0.25, -0.2) is 0 Å². The molecule has 1 atom stereocenters. The summed E-state index contributed by atoms with van der Waals surface area (Å²) in [4.78, 5) is 38.4. The van der Waals surface area contributed by atoms with E-state index in [1.165, 1.54) is 26.0 Å². The first-order valence-electron chi connectivity index (χ1n) is 9.99. The number of amides is 1. The van der Waals surface area contributed by atoms with Crippen molar-refractivity contribution in [1.82, 2.24) is 4.90 Å². The van der Waals surface area contributed by atoms with Gasteiger partial charge < -0.3 is 24.2 Å². The van der Waals surface area contributed by atoms with Gasteiger partial charge in [0.1, 0.15) is 17.3 Å². The van der Waals surface area contributed by atoms with E-state index in [-0.39, 0.29) is 24.5 Å². The fourth-order valence-corrected chi connectivity index (χ4v) is 3.70. The van der Waals surface area contributed by atoms with Crippen molar-refractivity contribution in [2.75, 3.05) is 27.4 Å². The highest BCUT2D eigenvalue weighted by atomic mass is 16.5. The molecule has 1 heterocycles. The molecule has 2 aromatic rings. The summed E-state index contributed by atoms with van der Waals surface area (Å²) in [7, 11) is 3.04. The quantitative estimate of drug-likeness (QED) is 0.233. The van der Waals surface area contributed by atoms with Crippen LogP contribution >= 0.6 is 0 Å². The van der Waals surface area contributed by atoms with Gasteiger partial charge in [-0.15, -0.1) is 0 Å². The smallest absolute Gasteiger partial charge is 0.308 e. The van der Waals surface area contributed by atoms with Gasteiger partial charge in [-0.05, 0) is 48.4 Å². The first kappa shape index (κ1) is 23.0. The Morgan fingerprint density at radius 3 is 2.28 bits per heavy atom. The Kier molecular flexibility index (Phi) is 6.95. The molecule has 0 spiro atoms. The molecule has 32 heavy (non-hydrogen) atoms. The lowest BCUT2D eigenvalue weighted by atomic mass is 9.94. The number of nitrogens with zero attached hydrogens (tertiary/aromatic N) is 1. The fraction of sp³-hybridized carbons (Fsp3) is 0.292. The van der Waals surface area contributed by atoms with Crippen LogP contribution in [0.5, 0.6) is 11.5 Å². The number of hydrogen-bond donors (Lipinski definition) is 1. The van der Waals surface area contributed by atoms with Crippen molar-refractivity contribution < 1.29 is 33.7 Å². The number of hydrogen-bond acceptors (Lipinski definition) is 7. The number of aliphatic hydroxyl groups is 1. The van der Waals surface area contributed by atoms with Crippen LogP contribution in [0.3, 0.4) is 0 Å². The largest absolute Gasteiger partial charge is 0.507 e. The molecule has 1 fully saturated rings. The third-order valence-corrected chi connectivity index (χ3v) is 5.22. The predicted molar refractivity (Wildman–Crippen MR) is 116 cm³/mol. The number of ketones is 1. The molecule has 3 rings (SSSR count). The summed E-state index contributed by atoms with van der Waals surface area (Å²) in [5.41, 5.74) is 1.69. The van der Waals surface area contributed by atoms with E-state index >= 15 is 0 Å². The Labute approximate surface area is 186 Å². The molecule has 168 valence electrons. The minimum Gasteiger partial charge on any atom is -0.507 e. The average molecular weight is 439 g/mol. The van der Waals surface area contributed by atoms with E-state index in [1.54, 1.807) is 49.4 Å². The minimum absolute atomic E-state index is 0.0143. The first-order chi connectivity index (χ1) is 15.3. The van der Waals surface area contributed by atoms with Crippen LogP contribution < -0.4 is 9.47 Å². The molecule has 0 bridgehead atoms. The van der Waals surface area contributed by atoms with Crippen LogP contribution in [0.15, 0.2) is 48.0 Å². The second kappa shape index (κ2) is 9.65. The van der Waals surface area contributed by atoms with Gasteiger partial charge in [-0.3, -0.25) is 14.4 Å². The Morgan fingerprint density at radius 1 is 1.06 bits per heavy atom. The highest BCUT2D eigenvalue weighted by Crippen LogP contribution is 2.40. The van der Waals surface area contributed by atoms with Crippen LogP contribution in [0.2, 0.25) is 0 Å². The fourth-order valence-electron chi connectivity index (χ4n) is 3.70. The summed E-state index contributed by atoms with van der Waals surface area (Å²) < 4.78 is 15.4. The zero-order valence-corrected chi connectivity index (χ0v) is 18.4. The lowest BCUT2D eigenvalue weighted by Gasteiger charge is -2.25. The zero-order chi connectivity index (χ0) is 23.4. The van der Waals surface area contributed by atoms with Gasteiger partial charge in [-0.1, -0.05) is 12.1 Å². The van der Waals surface area contributed by atoms with Gasteiger partial charge >= 0.3 is 5.97 Å². The standard InChI is InChI=1S/C24H25NO7/c1-14-13-18(31-4)9-10-19(14)22(27)20-21(25(11-12-30-3)24(29)23(20)28)16-5-7-17(8-6-16)32-15(2)26/h5-10,13,21,27H,11-12H2,1-4H3/b22-20-. The van der Waals surface area contributed by atoms with E-state index in [0.717, 1.165) is 0 Å². The number of methoxy groups -OCH3 is 2. The van der Waals surface area contributed by atoms with E-state index < -0.39 is 23.7 Å². The van der Waals surface area contributed by atoms with Crippen molar-refractivity contribution in [3.8, 4) is 11.5 Å². The second-order valence-electron chi connectivity index (χ2n) is 7.33. The summed E-state index contributed by atoms with van der Waals surface area (Å²) in [5.74, 6) is -1.28. The van der Waals surface area contributed by atoms with E-state index in [4.69, 9.17) is 14.2 Å². The molecule has 1 aliphatic heterocycles. The maximum Gasteiger partial charge on any atom is 0.308 e. The molecule has 8 heteroatoms. The molecule has 0 radical (unpaired) electrons. The van der Waals surface area contributed by atoms with Crippen molar-refractivity contribution >= 4 is 23.4 Å². The Balaban J connectivity index is 2.13. The SMILES string of the molecule is COCCN1C(=O)C(=O)/C(=C(\O)c2ccc(OC)cc2C)C1c1ccc(OC(C)=O)cc1. The highest BCUT2D eigenvalue weighted by Gasteiger charge is 2.46. The molecule has 0 aliphatic carbocycles. The number of Topliss-reactive ketones (excluding diaryl/α,β-unsaturated/α-hetero) is 1. The first-order valence-corrected chi connectivity index (χ1v) is 9.99. The molecule has 0 saturated carbocycles. The zero-order valence-electron chi connectivity index (χ0n) is 18.4. The molecule has 1 saturated heterocycles. The predicted octanol–water partition coefficient (Wildman–Crippen LogP) is 3.00. The number of carbonyl (C=O) groups excluding carboxylic acids is 3. The van der Waals surface area contributed by atoms with Crippen molar-refractivity contribution in [3.63, 3.8) is 0 Å². The van der Waals surface area contributed by atoms with Crippen molar-refractivity contribution in [2.45, 2.75) is 19.9 Å². The molecular weight excluding hydrogens is 414 g/mol. The number of benzene rings is 2. The Hall–Kier alpha value is -3.65. The highest BCUT2D eigenvalue weighted by molar-refractivity contribution is 6.46. The number of rotatable bonds is 7. The molecule has 2 aromatic carbocycles. The van der Waals surface area contributed by atoms with Gasteiger partial charge in [0.2, 0.25) is 0 Å². The summed E-state index contributed by atoms with van der Waals surface area (Å²) in [6, 6.07) is 10.7. The number of esters is 1. The summed E-state index contributed by atoms with van der Waals surface area (Å²) in [6.07, 6.45) is 0. The van der Waals surface area contributed by atoms with Crippen LogP contribution in [-0.4, -0.2) is 55.0 Å². The summed E-state index contributed by atoms with van der Waals surface area (Å²) in [6.45, 7) is 3.46. The van der Waals surface area contributed by atoms with Crippen LogP contribution in [0.1, 0.15) is 29.7 Å². The van der Waals surface area contributed by atoms with E-state index in [1.807, 2.05) is 0 Å². The second-order valence-corrected chi connectivity index (χ2v) is 7.33. The molecule has 1 aliphatic rings. The topological polar surface area (TPSA) is 102 Å². The van der Waals surface area contributed by atoms with Gasteiger partial charge in [-0.2, -0.15) is 0 Å². The van der Waals surface area contributed by atoms with Crippen LogP contribution in [0.4, 0.5) is 0 Å².